The third-order valence-electron chi connectivity index (χ3n) is 4.16. The molecule has 0 atom stereocenters. The van der Waals surface area contributed by atoms with E-state index in [0.29, 0.717) is 43.1 Å². The third-order valence-corrected chi connectivity index (χ3v) is 4.16. The molecule has 0 bridgehead atoms. The molecular formula is C18H24N4O4. The van der Waals surface area contributed by atoms with Gasteiger partial charge in [-0.15, -0.1) is 0 Å². The first kappa shape index (κ1) is 18.0. The molecule has 1 saturated heterocycles. The first-order valence-electron chi connectivity index (χ1n) is 8.56. The molecular weight excluding hydrogens is 336 g/mol. The van der Waals surface area contributed by atoms with E-state index >= 15 is 0 Å². The number of imidazole rings is 1. The van der Waals surface area contributed by atoms with Gasteiger partial charge in [0.1, 0.15) is 17.0 Å². The van der Waals surface area contributed by atoms with Crippen LogP contribution in [-0.4, -0.2) is 70.1 Å². The molecule has 0 unspecified atom stereocenters. The number of methoxy groups -OCH3 is 1. The number of ether oxygens (including phenoxy) is 2. The predicted octanol–water partition coefficient (Wildman–Crippen LogP) is 2.04. The van der Waals surface area contributed by atoms with Crippen LogP contribution in [0.15, 0.2) is 24.7 Å². The monoisotopic (exact) mass is 360 g/mol. The molecule has 2 aromatic rings. The second kappa shape index (κ2) is 6.86. The summed E-state index contributed by atoms with van der Waals surface area (Å²) in [6.45, 7) is 7.29. The maximum atomic E-state index is 12.9. The Hall–Kier alpha value is -2.77. The van der Waals surface area contributed by atoms with Crippen LogP contribution in [0.2, 0.25) is 0 Å². The Kier molecular flexibility index (Phi) is 4.76. The average molecular weight is 360 g/mol. The largest absolute Gasteiger partial charge is 0.496 e. The molecule has 0 aliphatic carbocycles. The minimum Gasteiger partial charge on any atom is -0.496 e. The molecule has 0 N–H and O–H groups in total. The van der Waals surface area contributed by atoms with Crippen LogP contribution in [-0.2, 0) is 4.74 Å². The molecule has 0 saturated carbocycles. The predicted molar refractivity (Wildman–Crippen MR) is 95.5 cm³/mol. The van der Waals surface area contributed by atoms with Gasteiger partial charge in [-0.2, -0.15) is 0 Å². The van der Waals surface area contributed by atoms with E-state index in [9.17, 15) is 9.59 Å². The summed E-state index contributed by atoms with van der Waals surface area (Å²) in [5.41, 5.74) is 0.661. The van der Waals surface area contributed by atoms with Crippen molar-refractivity contribution in [2.24, 2.45) is 0 Å². The van der Waals surface area contributed by atoms with E-state index in [1.165, 1.54) is 7.11 Å². The Morgan fingerprint density at radius 2 is 1.77 bits per heavy atom. The molecule has 26 heavy (non-hydrogen) atoms. The Morgan fingerprint density at radius 1 is 1.12 bits per heavy atom. The molecule has 2 aromatic heterocycles. The van der Waals surface area contributed by atoms with E-state index in [-0.39, 0.29) is 12.0 Å². The van der Waals surface area contributed by atoms with Crippen molar-refractivity contribution in [2.75, 3.05) is 33.3 Å². The molecule has 3 rings (SSSR count). The fourth-order valence-corrected chi connectivity index (χ4v) is 2.86. The summed E-state index contributed by atoms with van der Waals surface area (Å²) in [6.07, 6.45) is 4.83. The highest BCUT2D eigenvalue weighted by Crippen LogP contribution is 2.23. The quantitative estimate of drug-likeness (QED) is 0.819. The van der Waals surface area contributed by atoms with Crippen molar-refractivity contribution in [2.45, 2.75) is 26.4 Å². The summed E-state index contributed by atoms with van der Waals surface area (Å²) >= 11 is 0. The SMILES string of the molecule is COc1cc2nccn2cc1C(=O)N1CCN(C(=O)OC(C)(C)C)CC1. The zero-order valence-corrected chi connectivity index (χ0v) is 15.6. The summed E-state index contributed by atoms with van der Waals surface area (Å²) in [4.78, 5) is 32.6. The van der Waals surface area contributed by atoms with E-state index < -0.39 is 5.60 Å². The number of carbonyl (C=O) groups is 2. The summed E-state index contributed by atoms with van der Waals surface area (Å²) < 4.78 is 12.5. The fraction of sp³-hybridized carbons (Fsp3) is 0.500. The van der Waals surface area contributed by atoms with Crippen LogP contribution in [0.5, 0.6) is 5.75 Å². The molecule has 1 fully saturated rings. The lowest BCUT2D eigenvalue weighted by Crippen LogP contribution is -2.51. The number of amides is 2. The number of piperazine rings is 1. The molecule has 0 radical (unpaired) electrons. The number of aromatic nitrogens is 2. The minimum atomic E-state index is -0.530. The highest BCUT2D eigenvalue weighted by atomic mass is 16.6. The van der Waals surface area contributed by atoms with Gasteiger partial charge in [-0.3, -0.25) is 4.79 Å². The van der Waals surface area contributed by atoms with Crippen LogP contribution in [0.4, 0.5) is 4.79 Å². The van der Waals surface area contributed by atoms with Gasteiger partial charge in [0, 0.05) is 50.8 Å². The lowest BCUT2D eigenvalue weighted by atomic mass is 10.2. The van der Waals surface area contributed by atoms with Gasteiger partial charge in [0.05, 0.1) is 12.7 Å². The smallest absolute Gasteiger partial charge is 0.410 e. The zero-order valence-electron chi connectivity index (χ0n) is 15.6. The van der Waals surface area contributed by atoms with Crippen molar-refractivity contribution in [1.29, 1.82) is 0 Å². The van der Waals surface area contributed by atoms with Gasteiger partial charge in [0.25, 0.3) is 5.91 Å². The molecule has 1 aliphatic rings. The van der Waals surface area contributed by atoms with Crippen molar-refractivity contribution in [3.63, 3.8) is 0 Å². The van der Waals surface area contributed by atoms with Gasteiger partial charge in [-0.05, 0) is 20.8 Å². The molecule has 1 aliphatic heterocycles. The number of rotatable bonds is 2. The van der Waals surface area contributed by atoms with E-state index in [2.05, 4.69) is 4.98 Å². The molecule has 0 spiro atoms. The highest BCUT2D eigenvalue weighted by molar-refractivity contribution is 5.97. The number of pyridine rings is 1. The van der Waals surface area contributed by atoms with Crippen LogP contribution >= 0.6 is 0 Å². The minimum absolute atomic E-state index is 0.124. The summed E-state index contributed by atoms with van der Waals surface area (Å²) in [6, 6.07) is 1.74. The summed E-state index contributed by atoms with van der Waals surface area (Å²) in [5, 5.41) is 0. The van der Waals surface area contributed by atoms with Crippen LogP contribution in [0, 0.1) is 0 Å². The zero-order chi connectivity index (χ0) is 18.9. The number of carbonyl (C=O) groups excluding carboxylic acids is 2. The van der Waals surface area contributed by atoms with Gasteiger partial charge in [0.2, 0.25) is 0 Å². The van der Waals surface area contributed by atoms with Crippen molar-refractivity contribution in [3.8, 4) is 5.75 Å². The number of fused-ring (bicyclic) bond motifs is 1. The summed E-state index contributed by atoms with van der Waals surface area (Å²) in [7, 11) is 1.53. The van der Waals surface area contributed by atoms with E-state index in [1.54, 1.807) is 38.9 Å². The van der Waals surface area contributed by atoms with E-state index in [1.807, 2.05) is 20.8 Å². The van der Waals surface area contributed by atoms with Crippen LogP contribution in [0.1, 0.15) is 31.1 Å². The molecule has 0 aromatic carbocycles. The first-order chi connectivity index (χ1) is 12.3. The van der Waals surface area contributed by atoms with Gasteiger partial charge in [-0.25, -0.2) is 9.78 Å². The molecule has 8 nitrogen and oxygen atoms in total. The number of nitrogens with zero attached hydrogens (tertiary/aromatic N) is 4. The Bertz CT molecular complexity index is 816. The third kappa shape index (κ3) is 3.74. The first-order valence-corrected chi connectivity index (χ1v) is 8.56. The molecule has 3 heterocycles. The van der Waals surface area contributed by atoms with Gasteiger partial charge in [-0.1, -0.05) is 0 Å². The Balaban J connectivity index is 1.70. The standard InChI is InChI=1S/C18H24N4O4/c1-18(2,3)26-17(24)21-9-7-20(8-10-21)16(23)13-12-22-6-5-19-15(22)11-14(13)25-4/h5-6,11-12H,7-10H2,1-4H3. The second-order valence-corrected chi connectivity index (χ2v) is 7.21. The number of hydrogen-bond acceptors (Lipinski definition) is 5. The molecule has 140 valence electrons. The van der Waals surface area contributed by atoms with Crippen LogP contribution in [0.3, 0.4) is 0 Å². The molecule has 8 heteroatoms. The maximum absolute atomic E-state index is 12.9. The lowest BCUT2D eigenvalue weighted by Gasteiger charge is -2.35. The highest BCUT2D eigenvalue weighted by Gasteiger charge is 2.29. The summed E-state index contributed by atoms with van der Waals surface area (Å²) in [5.74, 6) is 0.365. The van der Waals surface area contributed by atoms with Gasteiger partial charge in [0.15, 0.2) is 0 Å². The Labute approximate surface area is 152 Å². The average Bonchev–Trinajstić information content (AvgIpc) is 3.06. The fourth-order valence-electron chi connectivity index (χ4n) is 2.86. The number of hydrogen-bond donors (Lipinski definition) is 0. The topological polar surface area (TPSA) is 76.4 Å². The van der Waals surface area contributed by atoms with Gasteiger partial charge >= 0.3 is 6.09 Å². The van der Waals surface area contributed by atoms with Crippen molar-refractivity contribution in [1.82, 2.24) is 19.2 Å². The van der Waals surface area contributed by atoms with E-state index in [4.69, 9.17) is 9.47 Å². The van der Waals surface area contributed by atoms with Crippen molar-refractivity contribution < 1.29 is 19.1 Å². The normalized spacial score (nSPS) is 15.2. The van der Waals surface area contributed by atoms with Crippen LogP contribution in [0.25, 0.3) is 5.65 Å². The van der Waals surface area contributed by atoms with Crippen molar-refractivity contribution >= 4 is 17.6 Å². The second-order valence-electron chi connectivity index (χ2n) is 7.21. The maximum Gasteiger partial charge on any atom is 0.410 e. The van der Waals surface area contributed by atoms with Gasteiger partial charge < -0.3 is 23.7 Å². The molecule has 2 amide bonds. The van der Waals surface area contributed by atoms with Crippen molar-refractivity contribution in [3.05, 3.63) is 30.2 Å². The van der Waals surface area contributed by atoms with Crippen LogP contribution < -0.4 is 4.74 Å². The lowest BCUT2D eigenvalue weighted by molar-refractivity contribution is 0.0140. The Morgan fingerprint density at radius 3 is 2.38 bits per heavy atom. The van der Waals surface area contributed by atoms with E-state index in [0.717, 1.165) is 0 Å².